The van der Waals surface area contributed by atoms with Gasteiger partial charge in [0.2, 0.25) is 5.91 Å². The molecule has 4 rings (SSSR count). The molecule has 0 radical (unpaired) electrons. The van der Waals surface area contributed by atoms with Gasteiger partial charge >= 0.3 is 0 Å². The van der Waals surface area contributed by atoms with E-state index in [2.05, 4.69) is 33.9 Å². The van der Waals surface area contributed by atoms with Crippen molar-refractivity contribution in [1.82, 2.24) is 14.8 Å². The van der Waals surface area contributed by atoms with E-state index in [1.165, 1.54) is 17.8 Å². The number of hydrogen-bond acceptors (Lipinski definition) is 5. The average molecular weight is 438 g/mol. The standard InChI is InChI=1S/C25H22N6O2/c1-14-8-16(3)23-21(9-14)15(2)10-22(29-23)31-24(19(12-26)13-27-31)30-25(33)18-6-5-7-20(11-18)28-17(4)32/h5-11,13H,1-4H3,(H,28,32)(H,30,33). The molecule has 0 aliphatic heterocycles. The third-order valence-electron chi connectivity index (χ3n) is 5.23. The van der Waals surface area contributed by atoms with Crippen molar-refractivity contribution < 1.29 is 9.59 Å². The fourth-order valence-corrected chi connectivity index (χ4v) is 3.78. The maximum atomic E-state index is 13.0. The van der Waals surface area contributed by atoms with E-state index >= 15 is 0 Å². The highest BCUT2D eigenvalue weighted by Crippen LogP contribution is 2.27. The molecule has 0 unspecified atom stereocenters. The molecule has 0 aliphatic rings. The lowest BCUT2D eigenvalue weighted by Crippen LogP contribution is -2.17. The number of rotatable bonds is 4. The van der Waals surface area contributed by atoms with E-state index < -0.39 is 5.91 Å². The van der Waals surface area contributed by atoms with Gasteiger partial charge in [-0.3, -0.25) is 9.59 Å². The Morgan fingerprint density at radius 3 is 2.55 bits per heavy atom. The number of nitriles is 1. The zero-order valence-electron chi connectivity index (χ0n) is 18.7. The second kappa shape index (κ2) is 8.55. The number of benzene rings is 2. The van der Waals surface area contributed by atoms with Gasteiger partial charge in [0, 0.05) is 23.6 Å². The number of nitrogens with one attached hydrogen (secondary N) is 2. The highest BCUT2D eigenvalue weighted by atomic mass is 16.2. The predicted octanol–water partition coefficient (Wildman–Crippen LogP) is 4.43. The summed E-state index contributed by atoms with van der Waals surface area (Å²) in [7, 11) is 0. The summed E-state index contributed by atoms with van der Waals surface area (Å²) in [5, 5.41) is 20.4. The summed E-state index contributed by atoms with van der Waals surface area (Å²) in [6.45, 7) is 7.43. The molecule has 0 fully saturated rings. The molecular weight excluding hydrogens is 416 g/mol. The van der Waals surface area contributed by atoms with Gasteiger partial charge in [0.1, 0.15) is 11.6 Å². The SMILES string of the molecule is CC(=O)Nc1cccc(C(=O)Nc2c(C#N)cnn2-c2cc(C)c3cc(C)cc(C)c3n2)c1. The molecule has 0 atom stereocenters. The van der Waals surface area contributed by atoms with Gasteiger partial charge in [-0.1, -0.05) is 17.7 Å². The molecule has 0 bridgehead atoms. The lowest BCUT2D eigenvalue weighted by Gasteiger charge is -2.13. The van der Waals surface area contributed by atoms with Gasteiger partial charge in [-0.2, -0.15) is 15.0 Å². The number of aryl methyl sites for hydroxylation is 3. The summed E-state index contributed by atoms with van der Waals surface area (Å²) < 4.78 is 1.46. The highest BCUT2D eigenvalue weighted by molar-refractivity contribution is 6.05. The summed E-state index contributed by atoms with van der Waals surface area (Å²) in [4.78, 5) is 29.1. The summed E-state index contributed by atoms with van der Waals surface area (Å²) in [5.41, 5.74) is 5.07. The first-order valence-electron chi connectivity index (χ1n) is 10.3. The van der Waals surface area contributed by atoms with E-state index in [1.807, 2.05) is 26.8 Å². The van der Waals surface area contributed by atoms with Crippen LogP contribution in [0.3, 0.4) is 0 Å². The number of carbonyl (C=O) groups excluding carboxylic acids is 2. The molecule has 2 amide bonds. The van der Waals surface area contributed by atoms with Crippen LogP contribution in [0.15, 0.2) is 48.7 Å². The van der Waals surface area contributed by atoms with Crippen LogP contribution in [0, 0.1) is 32.1 Å². The van der Waals surface area contributed by atoms with Crippen LogP contribution in [0.4, 0.5) is 11.5 Å². The minimum Gasteiger partial charge on any atom is -0.326 e. The molecule has 2 aromatic heterocycles. The molecule has 0 saturated heterocycles. The zero-order valence-corrected chi connectivity index (χ0v) is 18.7. The van der Waals surface area contributed by atoms with E-state index in [9.17, 15) is 14.9 Å². The van der Waals surface area contributed by atoms with Gasteiger partial charge in [0.15, 0.2) is 11.6 Å². The van der Waals surface area contributed by atoms with Gasteiger partial charge in [-0.05, 0) is 62.2 Å². The van der Waals surface area contributed by atoms with Crippen LogP contribution < -0.4 is 10.6 Å². The maximum Gasteiger partial charge on any atom is 0.256 e. The fraction of sp³-hybridized carbons (Fsp3) is 0.160. The van der Waals surface area contributed by atoms with Gasteiger partial charge in [0.25, 0.3) is 5.91 Å². The number of nitrogens with zero attached hydrogens (tertiary/aromatic N) is 4. The zero-order chi connectivity index (χ0) is 23.7. The normalized spacial score (nSPS) is 10.6. The molecule has 2 heterocycles. The van der Waals surface area contributed by atoms with Crippen LogP contribution in [0.1, 0.15) is 39.5 Å². The number of hydrogen-bond donors (Lipinski definition) is 2. The summed E-state index contributed by atoms with van der Waals surface area (Å²) in [5.74, 6) is 0.0459. The lowest BCUT2D eigenvalue weighted by molar-refractivity contribution is -0.114. The minimum absolute atomic E-state index is 0.210. The van der Waals surface area contributed by atoms with Crippen molar-refractivity contribution in [3.05, 3.63) is 76.5 Å². The van der Waals surface area contributed by atoms with Crippen LogP contribution in [0.2, 0.25) is 0 Å². The van der Waals surface area contributed by atoms with Crippen molar-refractivity contribution >= 4 is 34.2 Å². The first-order valence-corrected chi connectivity index (χ1v) is 10.3. The third kappa shape index (κ3) is 4.29. The van der Waals surface area contributed by atoms with E-state index in [0.29, 0.717) is 17.1 Å². The molecule has 8 heteroatoms. The number of pyridine rings is 1. The predicted molar refractivity (Wildman–Crippen MR) is 126 cm³/mol. The quantitative estimate of drug-likeness (QED) is 0.489. The molecule has 4 aromatic rings. The fourth-order valence-electron chi connectivity index (χ4n) is 3.78. The van der Waals surface area contributed by atoms with Crippen molar-refractivity contribution in [3.8, 4) is 11.9 Å². The number of fused-ring (bicyclic) bond motifs is 1. The molecule has 8 nitrogen and oxygen atoms in total. The van der Waals surface area contributed by atoms with Crippen molar-refractivity contribution in [1.29, 1.82) is 5.26 Å². The average Bonchev–Trinajstić information content (AvgIpc) is 3.16. The second-order valence-corrected chi connectivity index (χ2v) is 7.92. The molecule has 33 heavy (non-hydrogen) atoms. The number of aromatic nitrogens is 3. The summed E-state index contributed by atoms with van der Waals surface area (Å²) in [6, 6.07) is 14.6. The summed E-state index contributed by atoms with van der Waals surface area (Å²) in [6.07, 6.45) is 1.40. The summed E-state index contributed by atoms with van der Waals surface area (Å²) >= 11 is 0. The number of anilines is 2. The molecule has 0 aliphatic carbocycles. The Labute approximate surface area is 190 Å². The van der Waals surface area contributed by atoms with E-state index in [4.69, 9.17) is 4.98 Å². The van der Waals surface area contributed by atoms with Crippen molar-refractivity contribution in [2.75, 3.05) is 10.6 Å². The van der Waals surface area contributed by atoms with Crippen LogP contribution in [-0.4, -0.2) is 26.6 Å². The van der Waals surface area contributed by atoms with Crippen LogP contribution in [-0.2, 0) is 4.79 Å². The molecule has 0 saturated carbocycles. The van der Waals surface area contributed by atoms with Gasteiger partial charge in [-0.15, -0.1) is 0 Å². The Balaban J connectivity index is 1.76. The number of amides is 2. The van der Waals surface area contributed by atoms with Crippen molar-refractivity contribution in [3.63, 3.8) is 0 Å². The first kappa shape index (κ1) is 21.7. The highest BCUT2D eigenvalue weighted by Gasteiger charge is 2.18. The van der Waals surface area contributed by atoms with Crippen LogP contribution >= 0.6 is 0 Å². The Morgan fingerprint density at radius 1 is 1.03 bits per heavy atom. The lowest BCUT2D eigenvalue weighted by atomic mass is 10.0. The molecule has 2 aromatic carbocycles. The Hall–Kier alpha value is -4.51. The Morgan fingerprint density at radius 2 is 1.82 bits per heavy atom. The Kier molecular flexibility index (Phi) is 5.63. The van der Waals surface area contributed by atoms with Gasteiger partial charge < -0.3 is 10.6 Å². The smallest absolute Gasteiger partial charge is 0.256 e. The van der Waals surface area contributed by atoms with Gasteiger partial charge in [-0.25, -0.2) is 4.98 Å². The molecule has 164 valence electrons. The molecule has 0 spiro atoms. The maximum absolute atomic E-state index is 13.0. The van der Waals surface area contributed by atoms with E-state index in [-0.39, 0.29) is 17.3 Å². The van der Waals surface area contributed by atoms with Crippen molar-refractivity contribution in [2.45, 2.75) is 27.7 Å². The minimum atomic E-state index is -0.440. The third-order valence-corrected chi connectivity index (χ3v) is 5.23. The van der Waals surface area contributed by atoms with Gasteiger partial charge in [0.05, 0.1) is 11.7 Å². The van der Waals surface area contributed by atoms with Crippen LogP contribution in [0.5, 0.6) is 0 Å². The topological polar surface area (TPSA) is 113 Å². The Bertz CT molecular complexity index is 1460. The van der Waals surface area contributed by atoms with E-state index in [1.54, 1.807) is 24.3 Å². The van der Waals surface area contributed by atoms with E-state index in [0.717, 1.165) is 27.6 Å². The number of carbonyl (C=O) groups is 2. The largest absolute Gasteiger partial charge is 0.326 e. The monoisotopic (exact) mass is 438 g/mol. The van der Waals surface area contributed by atoms with Crippen molar-refractivity contribution in [2.24, 2.45) is 0 Å². The molecule has 2 N–H and O–H groups in total. The second-order valence-electron chi connectivity index (χ2n) is 7.92. The van der Waals surface area contributed by atoms with Crippen LogP contribution in [0.25, 0.3) is 16.7 Å². The molecular formula is C25H22N6O2. The first-order chi connectivity index (χ1) is 15.8.